The molecule has 1 aliphatic rings. The number of carbonyl (C=O) groups excluding carboxylic acids is 1. The van der Waals surface area contributed by atoms with Crippen molar-refractivity contribution in [3.8, 4) is 0 Å². The Balaban J connectivity index is 0.00000144. The first-order chi connectivity index (χ1) is 7.81. The Hall–Kier alpha value is -0.650. The summed E-state index contributed by atoms with van der Waals surface area (Å²) in [6.07, 6.45) is 4.87. The van der Waals surface area contributed by atoms with Crippen molar-refractivity contribution in [1.82, 2.24) is 10.3 Å². The van der Waals surface area contributed by atoms with Gasteiger partial charge in [-0.25, -0.2) is 4.98 Å². The zero-order chi connectivity index (χ0) is 11.4. The lowest BCUT2D eigenvalue weighted by atomic mass is 9.98. The quantitative estimate of drug-likeness (QED) is 0.881. The van der Waals surface area contributed by atoms with Gasteiger partial charge in [-0.3, -0.25) is 4.79 Å². The number of carbonyl (C=O) groups is 1. The van der Waals surface area contributed by atoms with Crippen molar-refractivity contribution in [1.29, 1.82) is 0 Å². The first-order valence-electron chi connectivity index (χ1n) is 5.70. The SMILES string of the molecule is Cl.NCC(NC(=O)c1cscn1)C1CCCC1. The van der Waals surface area contributed by atoms with E-state index in [1.54, 1.807) is 10.9 Å². The third-order valence-electron chi connectivity index (χ3n) is 3.20. The van der Waals surface area contributed by atoms with Gasteiger partial charge < -0.3 is 11.1 Å². The van der Waals surface area contributed by atoms with Crippen LogP contribution < -0.4 is 11.1 Å². The molecule has 0 saturated heterocycles. The summed E-state index contributed by atoms with van der Waals surface area (Å²) in [6.45, 7) is 0.514. The van der Waals surface area contributed by atoms with E-state index in [1.807, 2.05) is 0 Å². The van der Waals surface area contributed by atoms with Gasteiger partial charge in [0, 0.05) is 18.0 Å². The summed E-state index contributed by atoms with van der Waals surface area (Å²) in [5.41, 5.74) is 7.89. The van der Waals surface area contributed by atoms with Crippen molar-refractivity contribution in [2.24, 2.45) is 11.7 Å². The van der Waals surface area contributed by atoms with Crippen molar-refractivity contribution in [2.45, 2.75) is 31.7 Å². The van der Waals surface area contributed by atoms with Crippen LogP contribution in [0.5, 0.6) is 0 Å². The van der Waals surface area contributed by atoms with Gasteiger partial charge in [0.15, 0.2) is 0 Å². The molecule has 1 unspecified atom stereocenters. The van der Waals surface area contributed by atoms with Crippen molar-refractivity contribution in [3.05, 3.63) is 16.6 Å². The van der Waals surface area contributed by atoms with Crippen molar-refractivity contribution in [2.75, 3.05) is 6.54 Å². The van der Waals surface area contributed by atoms with Crippen LogP contribution in [0.4, 0.5) is 0 Å². The Morgan fingerprint density at radius 2 is 2.29 bits per heavy atom. The molecular weight excluding hydrogens is 258 g/mol. The van der Waals surface area contributed by atoms with Crippen LogP contribution in [-0.2, 0) is 0 Å². The maximum absolute atomic E-state index is 11.8. The van der Waals surface area contributed by atoms with Gasteiger partial charge in [0.25, 0.3) is 5.91 Å². The molecule has 1 atom stereocenters. The zero-order valence-corrected chi connectivity index (χ0v) is 11.2. The summed E-state index contributed by atoms with van der Waals surface area (Å²) in [5, 5.41) is 4.75. The Morgan fingerprint density at radius 1 is 1.59 bits per heavy atom. The number of halogens is 1. The number of hydrogen-bond donors (Lipinski definition) is 2. The number of thiazole rings is 1. The number of aromatic nitrogens is 1. The predicted octanol–water partition coefficient (Wildman–Crippen LogP) is 1.81. The average Bonchev–Trinajstić information content (AvgIpc) is 2.96. The minimum Gasteiger partial charge on any atom is -0.346 e. The van der Waals surface area contributed by atoms with Crippen molar-refractivity contribution in [3.63, 3.8) is 0 Å². The normalized spacial score (nSPS) is 17.5. The van der Waals surface area contributed by atoms with Crippen LogP contribution in [0.25, 0.3) is 0 Å². The molecule has 0 aromatic carbocycles. The van der Waals surface area contributed by atoms with Gasteiger partial charge in [0.1, 0.15) is 5.69 Å². The molecule has 0 bridgehead atoms. The molecule has 0 aliphatic heterocycles. The second-order valence-corrected chi connectivity index (χ2v) is 4.95. The molecule has 1 saturated carbocycles. The summed E-state index contributed by atoms with van der Waals surface area (Å²) in [7, 11) is 0. The highest BCUT2D eigenvalue weighted by Gasteiger charge is 2.25. The Kier molecular flexibility index (Phi) is 5.88. The van der Waals surface area contributed by atoms with E-state index < -0.39 is 0 Å². The van der Waals surface area contributed by atoms with Crippen molar-refractivity contribution >= 4 is 29.7 Å². The van der Waals surface area contributed by atoms with Crippen LogP contribution >= 0.6 is 23.7 Å². The summed E-state index contributed by atoms with van der Waals surface area (Å²) >= 11 is 1.43. The fourth-order valence-electron chi connectivity index (χ4n) is 2.30. The van der Waals surface area contributed by atoms with Crippen LogP contribution in [0.15, 0.2) is 10.9 Å². The molecule has 96 valence electrons. The van der Waals surface area contributed by atoms with Gasteiger partial charge in [0.05, 0.1) is 5.51 Å². The topological polar surface area (TPSA) is 68.0 Å². The van der Waals surface area contributed by atoms with E-state index in [-0.39, 0.29) is 24.4 Å². The average molecular weight is 276 g/mol. The third-order valence-corrected chi connectivity index (χ3v) is 3.79. The molecule has 17 heavy (non-hydrogen) atoms. The first kappa shape index (κ1) is 14.4. The summed E-state index contributed by atoms with van der Waals surface area (Å²) in [6, 6.07) is 0.108. The summed E-state index contributed by atoms with van der Waals surface area (Å²) in [5.74, 6) is 0.455. The maximum atomic E-state index is 11.8. The van der Waals surface area contributed by atoms with Crippen LogP contribution in [0, 0.1) is 5.92 Å². The molecule has 1 aromatic rings. The molecule has 1 aliphatic carbocycles. The van der Waals surface area contributed by atoms with E-state index in [4.69, 9.17) is 5.73 Å². The number of nitrogens with one attached hydrogen (secondary N) is 1. The van der Waals surface area contributed by atoms with Crippen molar-refractivity contribution < 1.29 is 4.79 Å². The molecule has 1 aromatic heterocycles. The third kappa shape index (κ3) is 3.66. The number of amides is 1. The summed E-state index contributed by atoms with van der Waals surface area (Å²) in [4.78, 5) is 15.8. The highest BCUT2D eigenvalue weighted by Crippen LogP contribution is 2.27. The predicted molar refractivity (Wildman–Crippen MR) is 71.6 cm³/mol. The van der Waals surface area contributed by atoms with Crippen LogP contribution in [0.1, 0.15) is 36.2 Å². The molecule has 1 fully saturated rings. The standard InChI is InChI=1S/C11H17N3OS.ClH/c12-5-9(8-3-1-2-4-8)14-11(15)10-6-16-7-13-10;/h6-9H,1-5,12H2,(H,14,15);1H. The molecule has 1 heterocycles. The lowest BCUT2D eigenvalue weighted by Crippen LogP contribution is -2.44. The largest absolute Gasteiger partial charge is 0.346 e. The molecule has 3 N–H and O–H groups in total. The Bertz CT molecular complexity index is 338. The number of hydrogen-bond acceptors (Lipinski definition) is 4. The highest BCUT2D eigenvalue weighted by molar-refractivity contribution is 7.07. The van der Waals surface area contributed by atoms with E-state index in [2.05, 4.69) is 10.3 Å². The molecule has 0 radical (unpaired) electrons. The molecule has 4 nitrogen and oxygen atoms in total. The van der Waals surface area contributed by atoms with Gasteiger partial charge in [-0.2, -0.15) is 0 Å². The van der Waals surface area contributed by atoms with Crippen LogP contribution in [-0.4, -0.2) is 23.5 Å². The van der Waals surface area contributed by atoms with Gasteiger partial charge in [-0.15, -0.1) is 23.7 Å². The molecule has 1 amide bonds. The molecule has 0 spiro atoms. The smallest absolute Gasteiger partial charge is 0.271 e. The van der Waals surface area contributed by atoms with E-state index in [1.165, 1.54) is 37.0 Å². The Morgan fingerprint density at radius 3 is 2.82 bits per heavy atom. The molecule has 6 heteroatoms. The van der Waals surface area contributed by atoms with Gasteiger partial charge in [-0.1, -0.05) is 12.8 Å². The summed E-state index contributed by atoms with van der Waals surface area (Å²) < 4.78 is 0. The van der Waals surface area contributed by atoms with Crippen LogP contribution in [0.2, 0.25) is 0 Å². The van der Waals surface area contributed by atoms with Gasteiger partial charge >= 0.3 is 0 Å². The monoisotopic (exact) mass is 275 g/mol. The lowest BCUT2D eigenvalue weighted by Gasteiger charge is -2.22. The number of nitrogens with zero attached hydrogens (tertiary/aromatic N) is 1. The zero-order valence-electron chi connectivity index (χ0n) is 9.59. The second-order valence-electron chi connectivity index (χ2n) is 4.23. The fraction of sp³-hybridized carbons (Fsp3) is 0.636. The van der Waals surface area contributed by atoms with Gasteiger partial charge in [-0.05, 0) is 18.8 Å². The number of rotatable bonds is 4. The van der Waals surface area contributed by atoms with E-state index in [0.29, 0.717) is 18.2 Å². The van der Waals surface area contributed by atoms with E-state index in [0.717, 1.165) is 0 Å². The first-order valence-corrected chi connectivity index (χ1v) is 6.64. The highest BCUT2D eigenvalue weighted by atomic mass is 35.5. The second kappa shape index (κ2) is 6.93. The van der Waals surface area contributed by atoms with Crippen LogP contribution in [0.3, 0.4) is 0 Å². The van der Waals surface area contributed by atoms with Gasteiger partial charge in [0.2, 0.25) is 0 Å². The lowest BCUT2D eigenvalue weighted by molar-refractivity contribution is 0.0920. The van der Waals surface area contributed by atoms with E-state index in [9.17, 15) is 4.79 Å². The molecule has 2 rings (SSSR count). The maximum Gasteiger partial charge on any atom is 0.271 e. The van der Waals surface area contributed by atoms with E-state index >= 15 is 0 Å². The fourth-order valence-corrected chi connectivity index (χ4v) is 2.83. The Labute approximate surface area is 111 Å². The molecular formula is C11H18ClN3OS. The minimum atomic E-state index is -0.0939. The minimum absolute atomic E-state index is 0. The number of nitrogens with two attached hydrogens (primary N) is 1.